The fourth-order valence-corrected chi connectivity index (χ4v) is 15.0. The van der Waals surface area contributed by atoms with E-state index in [1.165, 1.54) is 98.7 Å². The van der Waals surface area contributed by atoms with Gasteiger partial charge in [0.25, 0.3) is 0 Å². The topological polar surface area (TPSA) is 268 Å². The minimum atomic E-state index is -0.125. The molecule has 19 aromatic rings. The number of benzene rings is 7. The van der Waals surface area contributed by atoms with Crippen LogP contribution in [0.4, 0.5) is 0 Å². The molecule has 12 heterocycles. The second kappa shape index (κ2) is 41.4. The Bertz CT molecular complexity index is 7330. The summed E-state index contributed by atoms with van der Waals surface area (Å²) < 4.78 is 37.0. The summed E-state index contributed by atoms with van der Waals surface area (Å²) in [6, 6.07) is 76.6. The summed E-state index contributed by atoms with van der Waals surface area (Å²) in [5.41, 5.74) is 26.3. The molecular weight excluding hydrogens is 2150 g/mol. The van der Waals surface area contributed by atoms with Crippen molar-refractivity contribution in [1.82, 2.24) is 29.9 Å². The molecule has 0 saturated carbocycles. The van der Waals surface area contributed by atoms with E-state index in [0.29, 0.717) is 29.0 Å². The Morgan fingerprint density at radius 1 is 0.364 bits per heavy atom. The number of aliphatic hydroxyl groups excluding tert-OH is 3. The van der Waals surface area contributed by atoms with Gasteiger partial charge in [-0.1, -0.05) is 172 Å². The van der Waals surface area contributed by atoms with Crippen molar-refractivity contribution in [2.45, 2.75) is 142 Å². The van der Waals surface area contributed by atoms with E-state index in [9.17, 15) is 14.4 Å². The summed E-state index contributed by atoms with van der Waals surface area (Å²) in [6.45, 7) is 34.3. The van der Waals surface area contributed by atoms with Crippen LogP contribution in [0.3, 0.4) is 0 Å². The van der Waals surface area contributed by atoms with Gasteiger partial charge in [-0.05, 0) is 216 Å². The number of ketones is 3. The van der Waals surface area contributed by atoms with Gasteiger partial charge >= 0.3 is 0 Å². The maximum absolute atomic E-state index is 10.0. The first-order chi connectivity index (χ1) is 60.2. The smallest absolute Gasteiger partial charge is 0.216 e. The van der Waals surface area contributed by atoms with Gasteiger partial charge in [0.05, 0.1) is 52.6 Å². The van der Waals surface area contributed by atoms with Crippen LogP contribution in [-0.2, 0) is 80.1 Å². The number of allylic oxidation sites excluding steroid dienone is 6. The number of hydrogen-bond acceptors (Lipinski definition) is 18. The third-order valence-corrected chi connectivity index (χ3v) is 21.1. The number of rotatable bonds is 12. The monoisotopic (exact) mass is 2250 g/mol. The SMILES string of the molecule is CC(=O)C=C(C)O.CC(=O)C=C(C)O.CC(=O)C=C(C)O.Cc1ccc2c(n1)oc1c(-c3cc4cc(-c5cc(C(C)C)cc(C(C)C)c5)oc4cn3)[c-]ccc12.Cc1ccc2c(n1)oc1c(-c3cc4cc(-c5ccc(-c6c(C)cccc6C)cc5)oc4cn3)[c-]ccc12.Cc1ccc2c(n1)oc1c(-c3cc4cc(-c5ccc(C(C)(C)C)cc5)oc4cn3)[c-]ccc12.[Ir].[Ir].[Ir]. The van der Waals surface area contributed by atoms with E-state index in [4.69, 9.17) is 46.8 Å². The van der Waals surface area contributed by atoms with Gasteiger partial charge in [0.1, 0.15) is 17.3 Å². The van der Waals surface area contributed by atoms with E-state index in [1.54, 1.807) is 18.6 Å². The Labute approximate surface area is 788 Å². The Morgan fingerprint density at radius 3 is 0.969 bits per heavy atom. The molecule has 0 aliphatic heterocycles. The molecule has 0 spiro atoms. The van der Waals surface area contributed by atoms with Crippen molar-refractivity contribution in [2.75, 3.05) is 0 Å². The molecule has 0 fully saturated rings. The predicted molar refractivity (Wildman–Crippen MR) is 504 cm³/mol. The van der Waals surface area contributed by atoms with Crippen LogP contribution in [0.15, 0.2) is 275 Å². The Kier molecular flexibility index (Phi) is 31.0. The minimum Gasteiger partial charge on any atom is -0.512 e. The number of pyridine rings is 6. The molecule has 0 unspecified atom stereocenters. The summed E-state index contributed by atoms with van der Waals surface area (Å²) in [5, 5.41) is 34.1. The number of carbonyl (C=O) groups is 3. The molecule has 0 aliphatic carbocycles. The van der Waals surface area contributed by atoms with Gasteiger partial charge in [-0.3, -0.25) is 14.4 Å². The third kappa shape index (κ3) is 22.6. The maximum Gasteiger partial charge on any atom is 0.216 e. The van der Waals surface area contributed by atoms with Crippen molar-refractivity contribution >= 4 is 116 Å². The van der Waals surface area contributed by atoms with E-state index >= 15 is 0 Å². The molecule has 3 radical (unpaired) electrons. The van der Waals surface area contributed by atoms with Crippen molar-refractivity contribution in [2.24, 2.45) is 0 Å². The molecule has 12 aromatic heterocycles. The van der Waals surface area contributed by atoms with Crippen molar-refractivity contribution in [3.05, 3.63) is 311 Å². The van der Waals surface area contributed by atoms with Crippen LogP contribution in [0.5, 0.6) is 0 Å². The minimum absolute atomic E-state index is 0. The van der Waals surface area contributed by atoms with Gasteiger partial charge in [-0.25, -0.2) is 15.0 Å². The number of aromatic nitrogens is 6. The molecule has 19 rings (SSSR count). The molecule has 21 heteroatoms. The molecule has 0 saturated heterocycles. The van der Waals surface area contributed by atoms with E-state index in [0.717, 1.165) is 167 Å². The van der Waals surface area contributed by atoms with Gasteiger partial charge in [0, 0.05) is 145 Å². The molecule has 661 valence electrons. The standard InChI is InChI=1S/C33H23N2O2.C31H27N2O2.C29H23N2O2.3C5H8O2.3Ir/c1-19-6-4-7-20(2)31(19)23-13-11-22(12-14-23)29-17-24-16-28(34-18-30(24)36-29)27-9-5-8-25-26-15-10-21(3)35-33(26)37-32(25)27;1-17(2)20-11-21(18(3)4)13-22(12-20)28-15-23-14-27(32-16-29(23)34-28)26-8-6-7-24-25-10-9-19(5)33-31(25)35-30(24)26;1-17-8-13-22-21-6-5-7-23(27(21)33-28(22)31-17)24-14-19-15-25(32-26(19)16-30-24)18-9-11-20(12-10-18)29(2,3)4;3*1-4(6)3-5(2)7;;;/h4-8,10-18H,1-3H3;6-7,9-18H,1-5H3;5-6,8-16H,1-4H3;3*3,6H,1-2H3;;;/q3*-1;;;;;;. The summed E-state index contributed by atoms with van der Waals surface area (Å²) in [4.78, 5) is 57.8. The van der Waals surface area contributed by atoms with Crippen LogP contribution >= 0.6 is 0 Å². The van der Waals surface area contributed by atoms with Gasteiger partial charge in [0.15, 0.2) is 34.1 Å². The van der Waals surface area contributed by atoms with Crippen LogP contribution in [0.2, 0.25) is 0 Å². The van der Waals surface area contributed by atoms with Gasteiger partial charge in [-0.2, -0.15) is 0 Å². The molecule has 18 nitrogen and oxygen atoms in total. The summed E-state index contributed by atoms with van der Waals surface area (Å²) >= 11 is 0. The van der Waals surface area contributed by atoms with Crippen molar-refractivity contribution in [3.63, 3.8) is 0 Å². The van der Waals surface area contributed by atoms with E-state index in [1.807, 2.05) is 87.5 Å². The van der Waals surface area contributed by atoms with E-state index in [2.05, 4.69) is 233 Å². The van der Waals surface area contributed by atoms with Crippen molar-refractivity contribution < 1.29 is 117 Å². The van der Waals surface area contributed by atoms with Crippen LogP contribution in [0.25, 0.3) is 178 Å². The Hall–Kier alpha value is -13.0. The van der Waals surface area contributed by atoms with Crippen molar-refractivity contribution in [3.8, 4) is 78.9 Å². The predicted octanol–water partition coefficient (Wildman–Crippen LogP) is 28.6. The van der Waals surface area contributed by atoms with E-state index in [-0.39, 0.29) is 100 Å². The fraction of sp³-hybridized carbons (Fsp3) is 0.194. The normalized spacial score (nSPS) is 11.6. The summed E-state index contributed by atoms with van der Waals surface area (Å²) in [7, 11) is 0. The molecule has 0 aliphatic rings. The fourth-order valence-electron chi connectivity index (χ4n) is 15.0. The first-order valence-electron chi connectivity index (χ1n) is 41.6. The Balaban J connectivity index is 0.000000166. The Morgan fingerprint density at radius 2 is 0.674 bits per heavy atom. The second-order valence-corrected chi connectivity index (χ2v) is 33.2. The molecule has 129 heavy (non-hydrogen) atoms. The molecule has 7 aromatic carbocycles. The average Bonchev–Trinajstić information content (AvgIpc) is 1.62. The third-order valence-electron chi connectivity index (χ3n) is 21.1. The molecule has 0 atom stereocenters. The van der Waals surface area contributed by atoms with Crippen molar-refractivity contribution in [1.29, 1.82) is 0 Å². The maximum atomic E-state index is 10.0. The average molecular weight is 2250 g/mol. The quantitative estimate of drug-likeness (QED) is 0.0583. The van der Waals surface area contributed by atoms with Crippen LogP contribution in [-0.4, -0.2) is 62.6 Å². The van der Waals surface area contributed by atoms with E-state index < -0.39 is 0 Å². The van der Waals surface area contributed by atoms with Crippen LogP contribution in [0, 0.1) is 52.8 Å². The first kappa shape index (κ1) is 96.7. The zero-order valence-electron chi connectivity index (χ0n) is 74.8. The number of fused-ring (bicyclic) bond motifs is 12. The van der Waals surface area contributed by atoms with Crippen LogP contribution < -0.4 is 0 Å². The molecule has 0 amide bonds. The largest absolute Gasteiger partial charge is 0.512 e. The zero-order chi connectivity index (χ0) is 89.7. The van der Waals surface area contributed by atoms with Gasteiger partial charge in [-0.15, -0.1) is 54.6 Å². The summed E-state index contributed by atoms with van der Waals surface area (Å²) in [6.07, 6.45) is 8.84. The number of aliphatic hydroxyl groups is 3. The summed E-state index contributed by atoms with van der Waals surface area (Å²) in [5.74, 6) is 3.20. The second-order valence-electron chi connectivity index (χ2n) is 33.2. The first-order valence-corrected chi connectivity index (χ1v) is 41.6. The van der Waals surface area contributed by atoms with Crippen LogP contribution in [0.1, 0.15) is 147 Å². The number of aryl methyl sites for hydroxylation is 5. The number of nitrogens with zero attached hydrogens (tertiary/aromatic N) is 6. The molecule has 0 bridgehead atoms. The van der Waals surface area contributed by atoms with Gasteiger partial charge < -0.3 is 56.8 Å². The van der Waals surface area contributed by atoms with Gasteiger partial charge in [0.2, 0.25) is 17.1 Å². The zero-order valence-corrected chi connectivity index (χ0v) is 82.0. The number of carbonyl (C=O) groups excluding carboxylic acids is 3. The number of hydrogen-bond donors (Lipinski definition) is 3. The molecule has 3 N–H and O–H groups in total. The number of furan rings is 6. The molecular formula is C108H97Ir3N6O12-3.